The monoisotopic (exact) mass is 246 g/mol. The van der Waals surface area contributed by atoms with Crippen LogP contribution in [0, 0.1) is 0 Å². The number of nitrogens with zero attached hydrogens (tertiary/aromatic N) is 4. The van der Waals surface area contributed by atoms with E-state index in [0.717, 1.165) is 0 Å². The Bertz CT molecular complexity index is 622. The molecule has 2 N–H and O–H groups in total. The fraction of sp³-hybridized carbons (Fsp3) is 0.300. The molecule has 3 rings (SSSR count). The van der Waals surface area contributed by atoms with E-state index in [0.29, 0.717) is 24.3 Å². The van der Waals surface area contributed by atoms with E-state index in [1.54, 1.807) is 23.1 Å². The summed E-state index contributed by atoms with van der Waals surface area (Å²) in [6, 6.07) is -0.474. The summed E-state index contributed by atoms with van der Waals surface area (Å²) in [6.45, 7) is 0. The number of hydrogen-bond acceptors (Lipinski definition) is 6. The third-order valence-corrected chi connectivity index (χ3v) is 2.77. The average Bonchev–Trinajstić information content (AvgIpc) is 2.82. The van der Waals surface area contributed by atoms with Gasteiger partial charge in [-0.2, -0.15) is 0 Å². The molecule has 0 bridgehead atoms. The third-order valence-electron chi connectivity index (χ3n) is 2.77. The number of imide groups is 1. The molecule has 8 nitrogen and oxygen atoms in total. The Balaban J connectivity index is 1.86. The lowest BCUT2D eigenvalue weighted by Gasteiger charge is -2.22. The molecular formula is C10H10N6O2. The number of nitrogens with one attached hydrogen (secondary N) is 2. The number of carbonyl (C=O) groups excluding carboxylic acids is 2. The Kier molecular flexibility index (Phi) is 2.40. The minimum atomic E-state index is -0.474. The summed E-state index contributed by atoms with van der Waals surface area (Å²) in [5.41, 5.74) is 0.544. The Hall–Kier alpha value is -2.51. The van der Waals surface area contributed by atoms with Crippen molar-refractivity contribution in [1.82, 2.24) is 24.9 Å². The Morgan fingerprint density at radius 3 is 3.17 bits per heavy atom. The summed E-state index contributed by atoms with van der Waals surface area (Å²) in [4.78, 5) is 26.8. The third kappa shape index (κ3) is 1.77. The second kappa shape index (κ2) is 4.06. The van der Waals surface area contributed by atoms with Gasteiger partial charge in [0.1, 0.15) is 12.4 Å². The van der Waals surface area contributed by atoms with E-state index in [1.165, 1.54) is 0 Å². The minimum Gasteiger partial charge on any atom is -0.355 e. The van der Waals surface area contributed by atoms with Crippen molar-refractivity contribution < 1.29 is 9.59 Å². The molecule has 1 unspecified atom stereocenters. The van der Waals surface area contributed by atoms with Gasteiger partial charge in [0.15, 0.2) is 5.82 Å². The number of anilines is 1. The molecular weight excluding hydrogens is 236 g/mol. The number of aromatic nitrogens is 4. The molecule has 1 aliphatic heterocycles. The molecule has 0 spiro atoms. The molecule has 18 heavy (non-hydrogen) atoms. The van der Waals surface area contributed by atoms with Crippen molar-refractivity contribution in [2.45, 2.75) is 18.9 Å². The van der Waals surface area contributed by atoms with Gasteiger partial charge in [0.05, 0.1) is 0 Å². The van der Waals surface area contributed by atoms with Gasteiger partial charge in [-0.1, -0.05) is 0 Å². The highest BCUT2D eigenvalue weighted by molar-refractivity contribution is 6.01. The van der Waals surface area contributed by atoms with Gasteiger partial charge in [-0.05, 0) is 6.42 Å². The van der Waals surface area contributed by atoms with E-state index in [4.69, 9.17) is 0 Å². The molecule has 1 aliphatic rings. The first kappa shape index (κ1) is 10.6. The molecule has 2 aromatic rings. The van der Waals surface area contributed by atoms with Crippen LogP contribution in [0.2, 0.25) is 0 Å². The number of piperidine rings is 1. The summed E-state index contributed by atoms with van der Waals surface area (Å²) >= 11 is 0. The van der Waals surface area contributed by atoms with Crippen molar-refractivity contribution in [2.75, 3.05) is 5.32 Å². The van der Waals surface area contributed by atoms with E-state index in [9.17, 15) is 9.59 Å². The number of carbonyl (C=O) groups is 2. The fourth-order valence-corrected chi connectivity index (χ4v) is 1.86. The molecule has 1 fully saturated rings. The van der Waals surface area contributed by atoms with E-state index < -0.39 is 6.04 Å². The number of amides is 2. The van der Waals surface area contributed by atoms with Crippen molar-refractivity contribution in [1.29, 1.82) is 0 Å². The van der Waals surface area contributed by atoms with Crippen molar-refractivity contribution in [2.24, 2.45) is 0 Å². The lowest BCUT2D eigenvalue weighted by Crippen LogP contribution is -2.47. The Labute approximate surface area is 101 Å². The second-order valence-electron chi connectivity index (χ2n) is 3.99. The highest BCUT2D eigenvalue weighted by Gasteiger charge is 2.27. The molecule has 0 aliphatic carbocycles. The molecule has 1 atom stereocenters. The van der Waals surface area contributed by atoms with Gasteiger partial charge in [-0.15, -0.1) is 10.2 Å². The standard InChI is InChI=1S/C10H10N6O2/c17-7-2-1-6(10(18)14-7)13-8-9-15-12-5-16(9)4-3-11-8/h3-6H,1-2H2,(H,11,13)(H,14,17,18). The molecule has 92 valence electrons. The minimum absolute atomic E-state index is 0.244. The zero-order valence-corrected chi connectivity index (χ0v) is 9.33. The molecule has 8 heteroatoms. The van der Waals surface area contributed by atoms with E-state index in [1.807, 2.05) is 0 Å². The van der Waals surface area contributed by atoms with E-state index >= 15 is 0 Å². The van der Waals surface area contributed by atoms with Crippen molar-refractivity contribution >= 4 is 23.3 Å². The molecule has 3 heterocycles. The van der Waals surface area contributed by atoms with Crippen LogP contribution in [0.4, 0.5) is 5.82 Å². The van der Waals surface area contributed by atoms with Crippen LogP contribution in [0.5, 0.6) is 0 Å². The van der Waals surface area contributed by atoms with Crippen LogP contribution in [0.1, 0.15) is 12.8 Å². The highest BCUT2D eigenvalue weighted by atomic mass is 16.2. The van der Waals surface area contributed by atoms with Crippen LogP contribution < -0.4 is 10.6 Å². The maximum Gasteiger partial charge on any atom is 0.249 e. The van der Waals surface area contributed by atoms with Gasteiger partial charge in [0, 0.05) is 18.8 Å². The quantitative estimate of drug-likeness (QED) is 0.682. The largest absolute Gasteiger partial charge is 0.355 e. The summed E-state index contributed by atoms with van der Waals surface area (Å²) in [5, 5.41) is 12.9. The van der Waals surface area contributed by atoms with Gasteiger partial charge < -0.3 is 5.32 Å². The maximum atomic E-state index is 11.6. The Morgan fingerprint density at radius 1 is 1.44 bits per heavy atom. The predicted octanol–water partition coefficient (Wildman–Crippen LogP) is -0.659. The van der Waals surface area contributed by atoms with E-state index in [2.05, 4.69) is 25.8 Å². The number of hydrogen-bond donors (Lipinski definition) is 2. The first-order chi connectivity index (χ1) is 8.74. The Morgan fingerprint density at radius 2 is 2.33 bits per heavy atom. The van der Waals surface area contributed by atoms with Gasteiger partial charge in [-0.25, -0.2) is 4.98 Å². The molecule has 0 aromatic carbocycles. The van der Waals surface area contributed by atoms with Gasteiger partial charge in [0.25, 0.3) is 0 Å². The maximum absolute atomic E-state index is 11.6. The molecule has 0 saturated carbocycles. The summed E-state index contributed by atoms with van der Waals surface area (Å²) in [5.74, 6) is -0.106. The summed E-state index contributed by atoms with van der Waals surface area (Å²) < 4.78 is 1.70. The van der Waals surface area contributed by atoms with Gasteiger partial charge in [0.2, 0.25) is 17.5 Å². The molecule has 0 radical (unpaired) electrons. The highest BCUT2D eigenvalue weighted by Crippen LogP contribution is 2.14. The normalized spacial score (nSPS) is 19.9. The predicted molar refractivity (Wildman–Crippen MR) is 60.6 cm³/mol. The first-order valence-corrected chi connectivity index (χ1v) is 5.48. The SMILES string of the molecule is O=C1CCC(Nc2nccn3cnnc23)C(=O)N1. The lowest BCUT2D eigenvalue weighted by atomic mass is 10.1. The van der Waals surface area contributed by atoms with Crippen LogP contribution >= 0.6 is 0 Å². The lowest BCUT2D eigenvalue weighted by molar-refractivity contribution is -0.133. The molecule has 1 saturated heterocycles. The van der Waals surface area contributed by atoms with Crippen molar-refractivity contribution in [3.63, 3.8) is 0 Å². The zero-order valence-electron chi connectivity index (χ0n) is 9.33. The van der Waals surface area contributed by atoms with Crippen LogP contribution in [0.3, 0.4) is 0 Å². The van der Waals surface area contributed by atoms with Gasteiger partial charge in [-0.3, -0.25) is 19.3 Å². The van der Waals surface area contributed by atoms with Crippen molar-refractivity contribution in [3.05, 3.63) is 18.7 Å². The molecule has 2 amide bonds. The van der Waals surface area contributed by atoms with Crippen molar-refractivity contribution in [3.8, 4) is 0 Å². The summed E-state index contributed by atoms with van der Waals surface area (Å²) in [6.07, 6.45) is 5.61. The van der Waals surface area contributed by atoms with Crippen LogP contribution in [0.15, 0.2) is 18.7 Å². The molecule has 2 aromatic heterocycles. The number of fused-ring (bicyclic) bond motifs is 1. The van der Waals surface area contributed by atoms with Crippen LogP contribution in [-0.4, -0.2) is 37.4 Å². The average molecular weight is 246 g/mol. The topological polar surface area (TPSA) is 101 Å². The smallest absolute Gasteiger partial charge is 0.249 e. The van der Waals surface area contributed by atoms with E-state index in [-0.39, 0.29) is 11.8 Å². The first-order valence-electron chi connectivity index (χ1n) is 5.48. The summed E-state index contributed by atoms with van der Waals surface area (Å²) in [7, 11) is 0. The zero-order chi connectivity index (χ0) is 12.5. The van der Waals surface area contributed by atoms with Gasteiger partial charge >= 0.3 is 0 Å². The fourth-order valence-electron chi connectivity index (χ4n) is 1.86. The van der Waals surface area contributed by atoms with Crippen LogP contribution in [0.25, 0.3) is 5.65 Å². The number of rotatable bonds is 2. The van der Waals surface area contributed by atoms with Crippen LogP contribution in [-0.2, 0) is 9.59 Å². The second-order valence-corrected chi connectivity index (χ2v) is 3.99.